The summed E-state index contributed by atoms with van der Waals surface area (Å²) in [6, 6.07) is 14.4. The maximum atomic E-state index is 5.96. The highest BCUT2D eigenvalue weighted by atomic mass is 79.9. The Morgan fingerprint density at radius 2 is 1.68 bits per heavy atom. The Morgan fingerprint density at radius 3 is 2.32 bits per heavy atom. The minimum absolute atomic E-state index is 0.301. The summed E-state index contributed by atoms with van der Waals surface area (Å²) in [6.07, 6.45) is 1.31. The van der Waals surface area contributed by atoms with Crippen LogP contribution < -0.4 is 10.1 Å². The summed E-state index contributed by atoms with van der Waals surface area (Å²) in [5.41, 5.74) is 2.35. The molecule has 136 valence electrons. The Morgan fingerprint density at radius 1 is 1.00 bits per heavy atom. The van der Waals surface area contributed by atoms with E-state index >= 15 is 0 Å². The smallest absolute Gasteiger partial charge is 0.148 e. The molecule has 0 unspecified atom stereocenters. The van der Waals surface area contributed by atoms with Crippen molar-refractivity contribution in [2.75, 3.05) is 13.2 Å². The van der Waals surface area contributed by atoms with E-state index in [0.29, 0.717) is 12.7 Å². The van der Waals surface area contributed by atoms with Gasteiger partial charge in [-0.15, -0.1) is 0 Å². The average Bonchev–Trinajstić information content (AvgIpc) is 2.58. The molecule has 3 nitrogen and oxygen atoms in total. The Balaban J connectivity index is 1.82. The second kappa shape index (κ2) is 11.0. The molecule has 0 bridgehead atoms. The van der Waals surface area contributed by atoms with E-state index in [9.17, 15) is 0 Å². The highest BCUT2D eigenvalue weighted by Crippen LogP contribution is 2.35. The van der Waals surface area contributed by atoms with Crippen molar-refractivity contribution in [1.29, 1.82) is 0 Å². The average molecular weight is 471 g/mol. The molecule has 0 aromatic heterocycles. The fourth-order valence-corrected chi connectivity index (χ4v) is 3.84. The molecule has 0 aliphatic heterocycles. The van der Waals surface area contributed by atoms with Crippen molar-refractivity contribution in [2.45, 2.75) is 39.5 Å². The molecule has 2 aromatic carbocycles. The van der Waals surface area contributed by atoms with Crippen molar-refractivity contribution >= 4 is 31.9 Å². The quantitative estimate of drug-likeness (QED) is 0.452. The summed E-state index contributed by atoms with van der Waals surface area (Å²) in [4.78, 5) is 0. The zero-order valence-electron chi connectivity index (χ0n) is 14.7. The first kappa shape index (κ1) is 20.4. The van der Waals surface area contributed by atoms with E-state index in [0.717, 1.165) is 46.4 Å². The van der Waals surface area contributed by atoms with Gasteiger partial charge in [-0.25, -0.2) is 0 Å². The first-order valence-corrected chi connectivity index (χ1v) is 10.1. The standard InChI is InChI=1S/C20H25Br2NO2/c1-15(2)24-10-6-9-23-13-17-11-18(21)20(19(22)12-17)25-14-16-7-4-3-5-8-16/h3-5,7-8,11-12,15,23H,6,9-10,13-14H2,1-2H3. The van der Waals surface area contributed by atoms with Gasteiger partial charge in [0.2, 0.25) is 0 Å². The molecule has 0 amide bonds. The lowest BCUT2D eigenvalue weighted by Crippen LogP contribution is -2.17. The highest BCUT2D eigenvalue weighted by Gasteiger charge is 2.09. The van der Waals surface area contributed by atoms with Gasteiger partial charge in [0, 0.05) is 13.2 Å². The molecule has 0 heterocycles. The van der Waals surface area contributed by atoms with Gasteiger partial charge in [-0.2, -0.15) is 0 Å². The van der Waals surface area contributed by atoms with Crippen LogP contribution in [0.1, 0.15) is 31.4 Å². The summed E-state index contributed by atoms with van der Waals surface area (Å²) < 4.78 is 13.4. The summed E-state index contributed by atoms with van der Waals surface area (Å²) in [7, 11) is 0. The number of rotatable bonds is 10. The molecule has 0 saturated heterocycles. The van der Waals surface area contributed by atoms with Gasteiger partial charge in [-0.3, -0.25) is 0 Å². The van der Waals surface area contributed by atoms with E-state index in [2.05, 4.69) is 75.3 Å². The normalized spacial score (nSPS) is 11.1. The number of hydrogen-bond acceptors (Lipinski definition) is 3. The number of nitrogens with one attached hydrogen (secondary N) is 1. The van der Waals surface area contributed by atoms with Crippen LogP contribution in [0.5, 0.6) is 5.75 Å². The second-order valence-corrected chi connectivity index (χ2v) is 7.82. The van der Waals surface area contributed by atoms with E-state index in [-0.39, 0.29) is 0 Å². The fraction of sp³-hybridized carbons (Fsp3) is 0.400. The van der Waals surface area contributed by atoms with E-state index < -0.39 is 0 Å². The van der Waals surface area contributed by atoms with Crippen LogP contribution in [0.2, 0.25) is 0 Å². The minimum atomic E-state index is 0.301. The predicted molar refractivity (Wildman–Crippen MR) is 110 cm³/mol. The zero-order valence-corrected chi connectivity index (χ0v) is 17.9. The van der Waals surface area contributed by atoms with Crippen LogP contribution in [0, 0.1) is 0 Å². The van der Waals surface area contributed by atoms with Crippen molar-refractivity contribution in [3.8, 4) is 5.75 Å². The SMILES string of the molecule is CC(C)OCCCNCc1cc(Br)c(OCc2ccccc2)c(Br)c1. The molecular weight excluding hydrogens is 446 g/mol. The van der Waals surface area contributed by atoms with Gasteiger partial charge in [-0.1, -0.05) is 30.3 Å². The largest absolute Gasteiger partial charge is 0.487 e. The second-order valence-electron chi connectivity index (χ2n) is 6.11. The van der Waals surface area contributed by atoms with Crippen LogP contribution in [0.4, 0.5) is 0 Å². The summed E-state index contributed by atoms with van der Waals surface area (Å²) in [5, 5.41) is 3.44. The summed E-state index contributed by atoms with van der Waals surface area (Å²) in [5.74, 6) is 0.831. The molecule has 0 spiro atoms. The van der Waals surface area contributed by atoms with Crippen molar-refractivity contribution in [1.82, 2.24) is 5.32 Å². The predicted octanol–water partition coefficient (Wildman–Crippen LogP) is 5.70. The van der Waals surface area contributed by atoms with Gasteiger partial charge in [-0.05, 0) is 81.9 Å². The molecule has 0 atom stereocenters. The monoisotopic (exact) mass is 469 g/mol. The fourth-order valence-electron chi connectivity index (χ4n) is 2.33. The number of halogens is 2. The number of hydrogen-bond donors (Lipinski definition) is 1. The molecule has 0 radical (unpaired) electrons. The summed E-state index contributed by atoms with van der Waals surface area (Å²) >= 11 is 7.24. The van der Waals surface area contributed by atoms with Crippen LogP contribution in [-0.4, -0.2) is 19.3 Å². The lowest BCUT2D eigenvalue weighted by molar-refractivity contribution is 0.0770. The third-order valence-electron chi connectivity index (χ3n) is 3.56. The van der Waals surface area contributed by atoms with Gasteiger partial charge in [0.1, 0.15) is 12.4 Å². The summed E-state index contributed by atoms with van der Waals surface area (Å²) in [6.45, 7) is 7.22. The van der Waals surface area contributed by atoms with Crippen LogP contribution in [0.3, 0.4) is 0 Å². The van der Waals surface area contributed by atoms with E-state index in [1.807, 2.05) is 18.2 Å². The number of ether oxygens (including phenoxy) is 2. The van der Waals surface area contributed by atoms with Crippen molar-refractivity contribution < 1.29 is 9.47 Å². The molecule has 0 aliphatic rings. The van der Waals surface area contributed by atoms with Gasteiger partial charge in [0.25, 0.3) is 0 Å². The van der Waals surface area contributed by atoms with E-state index in [4.69, 9.17) is 9.47 Å². The van der Waals surface area contributed by atoms with E-state index in [1.165, 1.54) is 5.56 Å². The zero-order chi connectivity index (χ0) is 18.1. The molecular formula is C20H25Br2NO2. The molecule has 1 N–H and O–H groups in total. The van der Waals surface area contributed by atoms with Crippen molar-refractivity contribution in [3.63, 3.8) is 0 Å². The Kier molecular flexibility index (Phi) is 8.96. The third kappa shape index (κ3) is 7.48. The van der Waals surface area contributed by atoms with E-state index in [1.54, 1.807) is 0 Å². The Bertz CT molecular complexity index is 624. The van der Waals surface area contributed by atoms with Crippen LogP contribution in [0.15, 0.2) is 51.4 Å². The van der Waals surface area contributed by atoms with Crippen LogP contribution in [0.25, 0.3) is 0 Å². The van der Waals surface area contributed by atoms with Gasteiger partial charge < -0.3 is 14.8 Å². The Hall–Kier alpha value is -0.880. The molecule has 25 heavy (non-hydrogen) atoms. The minimum Gasteiger partial charge on any atom is -0.487 e. The molecule has 2 aromatic rings. The van der Waals surface area contributed by atoms with Crippen molar-refractivity contribution in [3.05, 3.63) is 62.5 Å². The molecule has 0 saturated carbocycles. The van der Waals surface area contributed by atoms with Crippen LogP contribution in [-0.2, 0) is 17.9 Å². The van der Waals surface area contributed by atoms with Crippen molar-refractivity contribution in [2.24, 2.45) is 0 Å². The first-order chi connectivity index (χ1) is 12.1. The first-order valence-electron chi connectivity index (χ1n) is 8.53. The lowest BCUT2D eigenvalue weighted by atomic mass is 10.2. The topological polar surface area (TPSA) is 30.5 Å². The third-order valence-corrected chi connectivity index (χ3v) is 4.74. The molecule has 0 fully saturated rings. The van der Waals surface area contributed by atoms with Gasteiger partial charge >= 0.3 is 0 Å². The van der Waals surface area contributed by atoms with Gasteiger partial charge in [0.05, 0.1) is 15.0 Å². The highest BCUT2D eigenvalue weighted by molar-refractivity contribution is 9.11. The molecule has 5 heteroatoms. The van der Waals surface area contributed by atoms with Gasteiger partial charge in [0.15, 0.2) is 0 Å². The van der Waals surface area contributed by atoms with Crippen LogP contribution >= 0.6 is 31.9 Å². The molecule has 0 aliphatic carbocycles. The maximum Gasteiger partial charge on any atom is 0.148 e. The maximum absolute atomic E-state index is 5.96. The number of benzene rings is 2. The molecule has 2 rings (SSSR count). The lowest BCUT2D eigenvalue weighted by Gasteiger charge is -2.13. The Labute approximate surface area is 167 Å².